The first kappa shape index (κ1) is 14.0. The number of carbonyl (C=O) groups is 2. The van der Waals surface area contributed by atoms with Gasteiger partial charge in [-0.25, -0.2) is 4.79 Å². The minimum Gasteiger partial charge on any atom is -0.465 e. The number of hydrogen-bond acceptors (Lipinski definition) is 5. The fourth-order valence-corrected chi connectivity index (χ4v) is 2.92. The van der Waals surface area contributed by atoms with Crippen LogP contribution in [0.1, 0.15) is 23.0 Å². The Kier molecular flexibility index (Phi) is 4.55. The zero-order valence-electron chi connectivity index (χ0n) is 11.0. The topological polar surface area (TPSA) is 64.6 Å². The molecule has 104 valence electrons. The molecule has 2 unspecified atom stereocenters. The highest BCUT2D eigenvalue weighted by Crippen LogP contribution is 2.27. The molecule has 1 aliphatic rings. The van der Waals surface area contributed by atoms with Crippen molar-refractivity contribution >= 4 is 28.9 Å². The van der Waals surface area contributed by atoms with Crippen LogP contribution in [-0.4, -0.2) is 32.2 Å². The Labute approximate surface area is 115 Å². The molecule has 19 heavy (non-hydrogen) atoms. The Morgan fingerprint density at radius 1 is 1.53 bits per heavy atom. The molecule has 2 heterocycles. The summed E-state index contributed by atoms with van der Waals surface area (Å²) >= 11 is 1.26. The summed E-state index contributed by atoms with van der Waals surface area (Å²) in [6, 6.07) is 1.72. The SMILES string of the molecule is COC(=O)c1sccc1NC(=O)C1CCOCC1C. The molecule has 6 heteroatoms. The molecular weight excluding hydrogens is 266 g/mol. The Bertz CT molecular complexity index is 471. The molecule has 1 aromatic heterocycles. The van der Waals surface area contributed by atoms with Gasteiger partial charge in [-0.15, -0.1) is 11.3 Å². The summed E-state index contributed by atoms with van der Waals surface area (Å²) in [5.74, 6) is -0.363. The molecule has 0 aromatic carbocycles. The second-order valence-corrected chi connectivity index (χ2v) is 5.51. The van der Waals surface area contributed by atoms with E-state index in [0.717, 1.165) is 0 Å². The first-order valence-electron chi connectivity index (χ1n) is 6.18. The van der Waals surface area contributed by atoms with Crippen molar-refractivity contribution in [2.24, 2.45) is 11.8 Å². The van der Waals surface area contributed by atoms with Crippen LogP contribution in [0.4, 0.5) is 5.69 Å². The van der Waals surface area contributed by atoms with Gasteiger partial charge in [-0.05, 0) is 23.8 Å². The third-order valence-corrected chi connectivity index (χ3v) is 4.17. The molecule has 1 aliphatic heterocycles. The quantitative estimate of drug-likeness (QED) is 0.863. The van der Waals surface area contributed by atoms with Crippen LogP contribution in [-0.2, 0) is 14.3 Å². The minimum atomic E-state index is -0.426. The van der Waals surface area contributed by atoms with Crippen LogP contribution in [0.15, 0.2) is 11.4 Å². The highest BCUT2D eigenvalue weighted by Gasteiger charge is 2.29. The largest absolute Gasteiger partial charge is 0.465 e. The van der Waals surface area contributed by atoms with Crippen molar-refractivity contribution < 1.29 is 19.1 Å². The van der Waals surface area contributed by atoms with E-state index in [0.29, 0.717) is 30.2 Å². The van der Waals surface area contributed by atoms with E-state index < -0.39 is 5.97 Å². The maximum Gasteiger partial charge on any atom is 0.350 e. The lowest BCUT2D eigenvalue weighted by atomic mass is 9.89. The Hall–Kier alpha value is -1.40. The summed E-state index contributed by atoms with van der Waals surface area (Å²) in [5.41, 5.74) is 0.528. The molecule has 1 aromatic rings. The Morgan fingerprint density at radius 2 is 2.32 bits per heavy atom. The summed E-state index contributed by atoms with van der Waals surface area (Å²) in [5, 5.41) is 4.58. The van der Waals surface area contributed by atoms with Gasteiger partial charge >= 0.3 is 5.97 Å². The van der Waals surface area contributed by atoms with Crippen molar-refractivity contribution in [2.45, 2.75) is 13.3 Å². The van der Waals surface area contributed by atoms with E-state index in [1.165, 1.54) is 18.4 Å². The van der Waals surface area contributed by atoms with Crippen LogP contribution in [0, 0.1) is 11.8 Å². The summed E-state index contributed by atoms with van der Waals surface area (Å²) in [7, 11) is 1.33. The summed E-state index contributed by atoms with van der Waals surface area (Å²) < 4.78 is 10.0. The fraction of sp³-hybridized carbons (Fsp3) is 0.538. The zero-order valence-corrected chi connectivity index (χ0v) is 11.8. The van der Waals surface area contributed by atoms with Crippen molar-refractivity contribution in [3.63, 3.8) is 0 Å². The maximum atomic E-state index is 12.2. The van der Waals surface area contributed by atoms with Gasteiger partial charge in [-0.1, -0.05) is 6.92 Å². The number of methoxy groups -OCH3 is 1. The highest BCUT2D eigenvalue weighted by molar-refractivity contribution is 7.12. The van der Waals surface area contributed by atoms with Gasteiger partial charge in [0.2, 0.25) is 5.91 Å². The molecule has 1 N–H and O–H groups in total. The van der Waals surface area contributed by atoms with Gasteiger partial charge in [-0.2, -0.15) is 0 Å². The molecule has 1 fully saturated rings. The first-order chi connectivity index (χ1) is 9.13. The fourth-order valence-electron chi connectivity index (χ4n) is 2.15. The number of nitrogens with one attached hydrogen (secondary N) is 1. The Morgan fingerprint density at radius 3 is 3.00 bits per heavy atom. The van der Waals surface area contributed by atoms with Gasteiger partial charge in [-0.3, -0.25) is 4.79 Å². The lowest BCUT2D eigenvalue weighted by Gasteiger charge is -2.27. The number of anilines is 1. The second kappa shape index (κ2) is 6.16. The number of thiophene rings is 1. The monoisotopic (exact) mass is 283 g/mol. The van der Waals surface area contributed by atoms with Gasteiger partial charge in [0.25, 0.3) is 0 Å². The van der Waals surface area contributed by atoms with Crippen molar-refractivity contribution in [1.29, 1.82) is 0 Å². The predicted molar refractivity (Wildman–Crippen MR) is 72.4 cm³/mol. The van der Waals surface area contributed by atoms with Crippen LogP contribution in [0.2, 0.25) is 0 Å². The van der Waals surface area contributed by atoms with E-state index in [4.69, 9.17) is 4.74 Å². The van der Waals surface area contributed by atoms with Crippen LogP contribution in [0.25, 0.3) is 0 Å². The predicted octanol–water partition coefficient (Wildman–Crippen LogP) is 2.15. The van der Waals surface area contributed by atoms with Gasteiger partial charge < -0.3 is 14.8 Å². The minimum absolute atomic E-state index is 0.0562. The van der Waals surface area contributed by atoms with E-state index in [2.05, 4.69) is 10.1 Å². The van der Waals surface area contributed by atoms with Gasteiger partial charge in [0.05, 0.1) is 12.8 Å². The molecule has 0 radical (unpaired) electrons. The molecule has 2 rings (SSSR count). The molecule has 0 aliphatic carbocycles. The molecule has 1 saturated heterocycles. The molecule has 0 saturated carbocycles. The van der Waals surface area contributed by atoms with E-state index in [9.17, 15) is 9.59 Å². The number of amides is 1. The van der Waals surface area contributed by atoms with E-state index in [-0.39, 0.29) is 17.7 Å². The molecule has 1 amide bonds. The van der Waals surface area contributed by atoms with Crippen molar-refractivity contribution in [2.75, 3.05) is 25.6 Å². The van der Waals surface area contributed by atoms with Crippen LogP contribution >= 0.6 is 11.3 Å². The average Bonchev–Trinajstić information content (AvgIpc) is 2.86. The van der Waals surface area contributed by atoms with Gasteiger partial charge in [0, 0.05) is 19.1 Å². The van der Waals surface area contributed by atoms with Crippen molar-refractivity contribution in [3.05, 3.63) is 16.3 Å². The van der Waals surface area contributed by atoms with Crippen molar-refractivity contribution in [3.8, 4) is 0 Å². The Balaban J connectivity index is 2.06. The average molecular weight is 283 g/mol. The van der Waals surface area contributed by atoms with Crippen LogP contribution in [0.5, 0.6) is 0 Å². The molecular formula is C13H17NO4S. The number of esters is 1. The van der Waals surface area contributed by atoms with Crippen LogP contribution < -0.4 is 5.32 Å². The van der Waals surface area contributed by atoms with Gasteiger partial charge in [0.15, 0.2) is 0 Å². The summed E-state index contributed by atoms with van der Waals surface area (Å²) in [6.07, 6.45) is 0.713. The number of hydrogen-bond donors (Lipinski definition) is 1. The number of rotatable bonds is 3. The number of ether oxygens (including phenoxy) is 2. The maximum absolute atomic E-state index is 12.2. The standard InChI is InChI=1S/C13H17NO4S/c1-8-7-18-5-3-9(8)12(15)14-10-4-6-19-11(10)13(16)17-2/h4,6,8-9H,3,5,7H2,1-2H3,(H,14,15). The zero-order chi connectivity index (χ0) is 13.8. The van der Waals surface area contributed by atoms with Gasteiger partial charge in [0.1, 0.15) is 4.88 Å². The van der Waals surface area contributed by atoms with E-state index in [1.807, 2.05) is 6.92 Å². The molecule has 0 bridgehead atoms. The smallest absolute Gasteiger partial charge is 0.350 e. The molecule has 5 nitrogen and oxygen atoms in total. The first-order valence-corrected chi connectivity index (χ1v) is 7.06. The third-order valence-electron chi connectivity index (χ3n) is 3.27. The summed E-state index contributed by atoms with van der Waals surface area (Å²) in [4.78, 5) is 24.2. The lowest BCUT2D eigenvalue weighted by molar-refractivity contribution is -0.125. The highest BCUT2D eigenvalue weighted by atomic mass is 32.1. The van der Waals surface area contributed by atoms with Crippen LogP contribution in [0.3, 0.4) is 0 Å². The van der Waals surface area contributed by atoms with Crippen molar-refractivity contribution in [1.82, 2.24) is 0 Å². The van der Waals surface area contributed by atoms with E-state index >= 15 is 0 Å². The molecule has 2 atom stereocenters. The third kappa shape index (κ3) is 3.13. The lowest BCUT2D eigenvalue weighted by Crippen LogP contribution is -2.35. The van der Waals surface area contributed by atoms with E-state index in [1.54, 1.807) is 11.4 Å². The number of carbonyl (C=O) groups excluding carboxylic acids is 2. The molecule has 0 spiro atoms. The summed E-state index contributed by atoms with van der Waals surface area (Å²) in [6.45, 7) is 3.21. The second-order valence-electron chi connectivity index (χ2n) is 4.59. The normalized spacial score (nSPS) is 22.8.